The third-order valence-electron chi connectivity index (χ3n) is 9.17. The predicted molar refractivity (Wildman–Crippen MR) is 146 cm³/mol. The Morgan fingerprint density at radius 1 is 1.00 bits per heavy atom. The molecule has 37 heavy (non-hydrogen) atoms. The molecule has 1 saturated carbocycles. The molecular formula is C30H47FN4O2. The summed E-state index contributed by atoms with van der Waals surface area (Å²) in [4.78, 5) is 31.0. The Morgan fingerprint density at radius 3 is 2.27 bits per heavy atom. The van der Waals surface area contributed by atoms with Crippen LogP contribution in [-0.4, -0.2) is 72.5 Å². The Hall–Kier alpha value is -1.99. The first-order valence-corrected chi connectivity index (χ1v) is 14.6. The Kier molecular flexibility index (Phi) is 9.62. The van der Waals surface area contributed by atoms with Crippen molar-refractivity contribution in [2.45, 2.75) is 95.7 Å². The topological polar surface area (TPSA) is 64.7 Å². The van der Waals surface area contributed by atoms with Crippen LogP contribution in [0.25, 0.3) is 0 Å². The smallest absolute Gasteiger partial charge is 0.240 e. The molecule has 2 N–H and O–H groups in total. The van der Waals surface area contributed by atoms with Gasteiger partial charge in [-0.2, -0.15) is 0 Å². The fraction of sp³-hybridized carbons (Fsp3) is 0.733. The second kappa shape index (κ2) is 12.7. The van der Waals surface area contributed by atoms with Crippen LogP contribution < -0.4 is 10.6 Å². The number of nitrogens with zero attached hydrogens (tertiary/aromatic N) is 2. The maximum atomic E-state index is 13.9. The van der Waals surface area contributed by atoms with Gasteiger partial charge in [-0.25, -0.2) is 4.39 Å². The number of amides is 2. The van der Waals surface area contributed by atoms with Crippen molar-refractivity contribution in [2.75, 3.05) is 33.2 Å². The molecule has 6 nitrogen and oxygen atoms in total. The van der Waals surface area contributed by atoms with Crippen LogP contribution in [0.1, 0.15) is 77.2 Å². The molecule has 2 heterocycles. The van der Waals surface area contributed by atoms with Crippen LogP contribution in [0.5, 0.6) is 0 Å². The van der Waals surface area contributed by atoms with Crippen LogP contribution in [0.4, 0.5) is 4.39 Å². The quantitative estimate of drug-likeness (QED) is 0.520. The summed E-state index contributed by atoms with van der Waals surface area (Å²) in [6.45, 7) is 7.11. The molecule has 1 aromatic rings. The zero-order valence-corrected chi connectivity index (χ0v) is 23.1. The molecule has 0 bridgehead atoms. The van der Waals surface area contributed by atoms with Gasteiger partial charge in [-0.1, -0.05) is 45.2 Å². The number of rotatable bonds is 9. The van der Waals surface area contributed by atoms with Gasteiger partial charge in [-0.15, -0.1) is 0 Å². The van der Waals surface area contributed by atoms with Crippen molar-refractivity contribution in [3.05, 3.63) is 35.6 Å². The van der Waals surface area contributed by atoms with E-state index in [4.69, 9.17) is 0 Å². The van der Waals surface area contributed by atoms with Gasteiger partial charge in [-0.3, -0.25) is 9.59 Å². The van der Waals surface area contributed by atoms with Crippen molar-refractivity contribution in [3.8, 4) is 0 Å². The van der Waals surface area contributed by atoms with Gasteiger partial charge >= 0.3 is 0 Å². The summed E-state index contributed by atoms with van der Waals surface area (Å²) in [6.07, 6.45) is 10.6. The molecular weight excluding hydrogens is 467 g/mol. The van der Waals surface area contributed by atoms with Gasteiger partial charge in [-0.05, 0) is 82.2 Å². The Bertz CT molecular complexity index is 891. The van der Waals surface area contributed by atoms with E-state index >= 15 is 0 Å². The lowest BCUT2D eigenvalue weighted by Gasteiger charge is -2.49. The number of likely N-dealkylation sites (N-methyl/N-ethyl adjacent to an activating group) is 1. The Balaban J connectivity index is 1.45. The standard InChI is InChI=1S/C30H47FN4O2/c1-22(2)28(36)33-30(24-8-5-4-6-9-24)15-18-35(19-16-30)29(37)27(20-23-11-13-25(31)14-12-23)32-21-26-10-7-17-34(26)3/h11-14,22,24,26-27,32H,4-10,15-21H2,1-3H3,(H,33,36)/t26?,27-/m1/s1. The van der Waals surface area contributed by atoms with Crippen LogP contribution in [0.3, 0.4) is 0 Å². The summed E-state index contributed by atoms with van der Waals surface area (Å²) in [5.41, 5.74) is 0.759. The first kappa shape index (κ1) is 28.0. The van der Waals surface area contributed by atoms with Crippen LogP contribution in [0.15, 0.2) is 24.3 Å². The second-order valence-corrected chi connectivity index (χ2v) is 12.0. The molecule has 1 unspecified atom stereocenters. The molecule has 1 aliphatic carbocycles. The highest BCUT2D eigenvalue weighted by Gasteiger charge is 2.44. The lowest BCUT2D eigenvalue weighted by molar-refractivity contribution is -0.136. The van der Waals surface area contributed by atoms with Crippen molar-refractivity contribution >= 4 is 11.8 Å². The zero-order chi connectivity index (χ0) is 26.4. The molecule has 4 rings (SSSR count). The molecule has 2 aliphatic heterocycles. The number of nitrogens with one attached hydrogen (secondary N) is 2. The number of carbonyl (C=O) groups excluding carboxylic acids is 2. The minimum Gasteiger partial charge on any atom is -0.350 e. The monoisotopic (exact) mass is 514 g/mol. The van der Waals surface area contributed by atoms with Gasteiger partial charge in [0.2, 0.25) is 11.8 Å². The summed E-state index contributed by atoms with van der Waals surface area (Å²) < 4.78 is 13.5. The maximum absolute atomic E-state index is 13.9. The van der Waals surface area contributed by atoms with E-state index in [1.54, 1.807) is 12.1 Å². The lowest BCUT2D eigenvalue weighted by Crippen LogP contribution is -2.62. The average molecular weight is 515 g/mol. The molecule has 2 atom stereocenters. The maximum Gasteiger partial charge on any atom is 0.240 e. The molecule has 3 aliphatic rings. The van der Waals surface area contributed by atoms with Gasteiger partial charge in [0.05, 0.1) is 6.04 Å². The average Bonchev–Trinajstić information content (AvgIpc) is 3.32. The molecule has 2 saturated heterocycles. The summed E-state index contributed by atoms with van der Waals surface area (Å²) >= 11 is 0. The van der Waals surface area contributed by atoms with Gasteiger partial charge in [0, 0.05) is 37.1 Å². The van der Waals surface area contributed by atoms with Crippen molar-refractivity contribution in [1.82, 2.24) is 20.4 Å². The van der Waals surface area contributed by atoms with E-state index in [1.165, 1.54) is 37.8 Å². The number of carbonyl (C=O) groups is 2. The predicted octanol–water partition coefficient (Wildman–Crippen LogP) is 4.13. The minimum absolute atomic E-state index is 0.0434. The van der Waals surface area contributed by atoms with Gasteiger partial charge in [0.25, 0.3) is 0 Å². The number of benzene rings is 1. The number of hydrogen-bond acceptors (Lipinski definition) is 4. The normalized spacial score (nSPS) is 23.8. The fourth-order valence-electron chi connectivity index (χ4n) is 6.65. The molecule has 1 aromatic carbocycles. The summed E-state index contributed by atoms with van der Waals surface area (Å²) in [7, 11) is 2.15. The van der Waals surface area contributed by atoms with E-state index in [0.717, 1.165) is 50.8 Å². The molecule has 206 valence electrons. The second-order valence-electron chi connectivity index (χ2n) is 12.0. The summed E-state index contributed by atoms with van der Waals surface area (Å²) in [5, 5.41) is 7.06. The van der Waals surface area contributed by atoms with Crippen LogP contribution >= 0.6 is 0 Å². The van der Waals surface area contributed by atoms with Gasteiger partial charge < -0.3 is 20.4 Å². The Labute approximate surface area is 222 Å². The summed E-state index contributed by atoms with van der Waals surface area (Å²) in [6, 6.07) is 6.61. The third kappa shape index (κ3) is 7.11. The number of halogens is 1. The largest absolute Gasteiger partial charge is 0.350 e. The van der Waals surface area contributed by atoms with Crippen molar-refractivity contribution < 1.29 is 14.0 Å². The number of piperidine rings is 1. The first-order valence-electron chi connectivity index (χ1n) is 14.6. The van der Waals surface area contributed by atoms with Gasteiger partial charge in [0.15, 0.2) is 0 Å². The Morgan fingerprint density at radius 2 is 1.68 bits per heavy atom. The lowest BCUT2D eigenvalue weighted by atomic mass is 9.69. The molecule has 0 spiro atoms. The fourth-order valence-corrected chi connectivity index (χ4v) is 6.65. The summed E-state index contributed by atoms with van der Waals surface area (Å²) in [5.74, 6) is 0.440. The molecule has 7 heteroatoms. The zero-order valence-electron chi connectivity index (χ0n) is 23.1. The highest BCUT2D eigenvalue weighted by molar-refractivity contribution is 5.82. The van der Waals surface area contributed by atoms with Crippen molar-refractivity contribution in [3.63, 3.8) is 0 Å². The van der Waals surface area contributed by atoms with Crippen LogP contribution in [0.2, 0.25) is 0 Å². The van der Waals surface area contributed by atoms with E-state index in [2.05, 4.69) is 22.6 Å². The van der Waals surface area contributed by atoms with Crippen LogP contribution in [0, 0.1) is 17.7 Å². The molecule has 3 fully saturated rings. The van der Waals surface area contributed by atoms with E-state index in [0.29, 0.717) is 31.5 Å². The third-order valence-corrected chi connectivity index (χ3v) is 9.17. The molecule has 0 radical (unpaired) electrons. The SMILES string of the molecule is CC(C)C(=O)NC1(C2CCCCC2)CCN(C(=O)[C@@H](Cc2ccc(F)cc2)NCC2CCCN2C)CC1. The number of likely N-dealkylation sites (tertiary alicyclic amines) is 2. The van der Waals surface area contributed by atoms with Crippen molar-refractivity contribution in [1.29, 1.82) is 0 Å². The minimum atomic E-state index is -0.341. The van der Waals surface area contributed by atoms with Crippen molar-refractivity contribution in [2.24, 2.45) is 11.8 Å². The van der Waals surface area contributed by atoms with E-state index in [9.17, 15) is 14.0 Å². The van der Waals surface area contributed by atoms with E-state index in [-0.39, 0.29) is 35.1 Å². The highest BCUT2D eigenvalue weighted by atomic mass is 19.1. The van der Waals surface area contributed by atoms with Crippen LogP contribution in [-0.2, 0) is 16.0 Å². The number of hydrogen-bond donors (Lipinski definition) is 2. The van der Waals surface area contributed by atoms with E-state index < -0.39 is 0 Å². The van der Waals surface area contributed by atoms with E-state index in [1.807, 2.05) is 18.7 Å². The van der Waals surface area contributed by atoms with Gasteiger partial charge in [0.1, 0.15) is 5.82 Å². The molecule has 0 aromatic heterocycles. The highest BCUT2D eigenvalue weighted by Crippen LogP contribution is 2.39. The first-order chi connectivity index (χ1) is 17.8. The molecule has 2 amide bonds.